The first-order valence-corrected chi connectivity index (χ1v) is 7.43. The molecule has 0 aliphatic heterocycles. The van der Waals surface area contributed by atoms with E-state index in [2.05, 4.69) is 19.2 Å². The first-order valence-electron chi connectivity index (χ1n) is 5.94. The fourth-order valence-electron chi connectivity index (χ4n) is 1.32. The summed E-state index contributed by atoms with van der Waals surface area (Å²) in [7, 11) is -0.847. The third kappa shape index (κ3) is 10.4. The Balaban J connectivity index is 3.40. The van der Waals surface area contributed by atoms with Crippen molar-refractivity contribution in [2.75, 3.05) is 24.6 Å². The van der Waals surface area contributed by atoms with E-state index in [0.29, 0.717) is 12.3 Å². The van der Waals surface area contributed by atoms with Gasteiger partial charge in [-0.2, -0.15) is 0 Å². The SMILES string of the molecule is CCCCCS(=O)CC(O)CNCCC. The standard InChI is InChI=1S/C11H25NO2S/c1-3-5-6-8-15(14)10-11(13)9-12-7-4-2/h11-13H,3-10H2,1-2H3. The van der Waals surface area contributed by atoms with Crippen LogP contribution < -0.4 is 5.32 Å². The molecule has 2 N–H and O–H groups in total. The van der Waals surface area contributed by atoms with Crippen molar-refractivity contribution in [1.29, 1.82) is 0 Å². The van der Waals surface area contributed by atoms with E-state index in [0.717, 1.165) is 38.0 Å². The monoisotopic (exact) mass is 235 g/mol. The molecule has 0 bridgehead atoms. The van der Waals surface area contributed by atoms with Crippen LogP contribution in [-0.4, -0.2) is 40.0 Å². The molecule has 2 atom stereocenters. The Hall–Kier alpha value is 0.0700. The van der Waals surface area contributed by atoms with Crippen LogP contribution in [-0.2, 0) is 10.8 Å². The van der Waals surface area contributed by atoms with Crippen molar-refractivity contribution in [3.8, 4) is 0 Å². The molecule has 0 amide bonds. The van der Waals surface area contributed by atoms with Gasteiger partial charge in [0.2, 0.25) is 0 Å². The number of rotatable bonds is 10. The van der Waals surface area contributed by atoms with Crippen molar-refractivity contribution in [2.45, 2.75) is 45.6 Å². The average molecular weight is 235 g/mol. The second-order valence-electron chi connectivity index (χ2n) is 3.88. The van der Waals surface area contributed by atoms with Crippen LogP contribution in [0.15, 0.2) is 0 Å². The van der Waals surface area contributed by atoms with Gasteiger partial charge in [-0.25, -0.2) is 0 Å². The highest BCUT2D eigenvalue weighted by Crippen LogP contribution is 1.98. The van der Waals surface area contributed by atoms with E-state index in [4.69, 9.17) is 0 Å². The van der Waals surface area contributed by atoms with Crippen LogP contribution in [0.1, 0.15) is 39.5 Å². The van der Waals surface area contributed by atoms with Gasteiger partial charge in [0, 0.05) is 23.1 Å². The number of hydrogen-bond acceptors (Lipinski definition) is 3. The first kappa shape index (κ1) is 15.1. The maximum absolute atomic E-state index is 11.5. The minimum Gasteiger partial charge on any atom is -0.391 e. The third-order valence-corrected chi connectivity index (χ3v) is 3.66. The minimum atomic E-state index is -0.847. The highest BCUT2D eigenvalue weighted by atomic mass is 32.2. The van der Waals surface area contributed by atoms with E-state index < -0.39 is 16.9 Å². The zero-order valence-electron chi connectivity index (χ0n) is 10.00. The molecule has 0 aromatic carbocycles. The lowest BCUT2D eigenvalue weighted by molar-refractivity contribution is 0.195. The van der Waals surface area contributed by atoms with Gasteiger partial charge < -0.3 is 10.4 Å². The molecule has 0 fully saturated rings. The molecule has 0 radical (unpaired) electrons. The van der Waals surface area contributed by atoms with Gasteiger partial charge in [0.15, 0.2) is 0 Å². The van der Waals surface area contributed by atoms with Crippen LogP contribution >= 0.6 is 0 Å². The normalized spacial score (nSPS) is 15.1. The van der Waals surface area contributed by atoms with E-state index in [1.165, 1.54) is 0 Å². The second-order valence-corrected chi connectivity index (χ2v) is 5.50. The van der Waals surface area contributed by atoms with Crippen molar-refractivity contribution in [3.63, 3.8) is 0 Å². The summed E-state index contributed by atoms with van der Waals surface area (Å²) in [6, 6.07) is 0. The van der Waals surface area contributed by atoms with Crippen LogP contribution in [0.25, 0.3) is 0 Å². The van der Waals surface area contributed by atoms with Gasteiger partial charge in [0.25, 0.3) is 0 Å². The van der Waals surface area contributed by atoms with Gasteiger partial charge in [-0.05, 0) is 19.4 Å². The highest BCUT2D eigenvalue weighted by molar-refractivity contribution is 7.85. The largest absolute Gasteiger partial charge is 0.391 e. The van der Waals surface area contributed by atoms with Gasteiger partial charge in [-0.15, -0.1) is 0 Å². The Morgan fingerprint density at radius 3 is 2.60 bits per heavy atom. The molecule has 0 heterocycles. The number of hydrogen-bond donors (Lipinski definition) is 2. The predicted molar refractivity (Wildman–Crippen MR) is 66.6 cm³/mol. The summed E-state index contributed by atoms with van der Waals surface area (Å²) in [5, 5.41) is 12.7. The lowest BCUT2D eigenvalue weighted by atomic mass is 10.3. The third-order valence-electron chi connectivity index (χ3n) is 2.16. The molecule has 0 aromatic rings. The molecule has 0 saturated heterocycles. The molecule has 4 heteroatoms. The van der Waals surface area contributed by atoms with Crippen LogP contribution in [0.5, 0.6) is 0 Å². The zero-order chi connectivity index (χ0) is 11.5. The second kappa shape index (κ2) is 10.6. The van der Waals surface area contributed by atoms with Crippen molar-refractivity contribution >= 4 is 10.8 Å². The molecule has 0 spiro atoms. The van der Waals surface area contributed by atoms with E-state index in [1.54, 1.807) is 0 Å². The summed E-state index contributed by atoms with van der Waals surface area (Å²) < 4.78 is 11.5. The van der Waals surface area contributed by atoms with E-state index >= 15 is 0 Å². The molecule has 92 valence electrons. The highest BCUT2D eigenvalue weighted by Gasteiger charge is 2.08. The molecule has 3 nitrogen and oxygen atoms in total. The summed E-state index contributed by atoms with van der Waals surface area (Å²) in [5.41, 5.74) is 0. The summed E-state index contributed by atoms with van der Waals surface area (Å²) in [6.07, 6.45) is 3.90. The van der Waals surface area contributed by atoms with Crippen molar-refractivity contribution in [2.24, 2.45) is 0 Å². The number of nitrogens with one attached hydrogen (secondary N) is 1. The summed E-state index contributed by atoms with van der Waals surface area (Å²) >= 11 is 0. The van der Waals surface area contributed by atoms with E-state index in [9.17, 15) is 9.32 Å². The summed E-state index contributed by atoms with van der Waals surface area (Å²) in [5.74, 6) is 1.15. The topological polar surface area (TPSA) is 49.3 Å². The Bertz CT molecular complexity index is 165. The van der Waals surface area contributed by atoms with Crippen LogP contribution in [0.4, 0.5) is 0 Å². The average Bonchev–Trinajstić information content (AvgIpc) is 2.18. The Kier molecular flexibility index (Phi) is 10.6. The Labute approximate surface area is 96.1 Å². The van der Waals surface area contributed by atoms with Crippen LogP contribution in [0.2, 0.25) is 0 Å². The number of aliphatic hydroxyl groups excluding tert-OH is 1. The lowest BCUT2D eigenvalue weighted by Gasteiger charge is -2.10. The van der Waals surface area contributed by atoms with Gasteiger partial charge in [-0.3, -0.25) is 4.21 Å². The van der Waals surface area contributed by atoms with Gasteiger partial charge in [0.1, 0.15) is 0 Å². The Morgan fingerprint density at radius 1 is 1.27 bits per heavy atom. The van der Waals surface area contributed by atoms with Crippen LogP contribution in [0.3, 0.4) is 0 Å². The first-order chi connectivity index (χ1) is 7.20. The molecule has 0 saturated carbocycles. The molecule has 0 aromatic heterocycles. The number of aliphatic hydroxyl groups is 1. The predicted octanol–water partition coefficient (Wildman–Crippen LogP) is 1.29. The van der Waals surface area contributed by atoms with Crippen molar-refractivity contribution in [1.82, 2.24) is 5.32 Å². The lowest BCUT2D eigenvalue weighted by Crippen LogP contribution is -2.31. The van der Waals surface area contributed by atoms with Gasteiger partial charge >= 0.3 is 0 Å². The maximum Gasteiger partial charge on any atom is 0.0779 e. The van der Waals surface area contributed by atoms with Crippen LogP contribution in [0, 0.1) is 0 Å². The zero-order valence-corrected chi connectivity index (χ0v) is 10.8. The fraction of sp³-hybridized carbons (Fsp3) is 1.00. The Morgan fingerprint density at radius 2 is 2.00 bits per heavy atom. The quantitative estimate of drug-likeness (QED) is 0.561. The summed E-state index contributed by atoms with van der Waals surface area (Å²) in [6.45, 7) is 5.70. The maximum atomic E-state index is 11.5. The molecule has 2 unspecified atom stereocenters. The fourth-order valence-corrected chi connectivity index (χ4v) is 2.56. The summed E-state index contributed by atoms with van der Waals surface area (Å²) in [4.78, 5) is 0. The number of unbranched alkanes of at least 4 members (excludes halogenated alkanes) is 2. The minimum absolute atomic E-state index is 0.417. The molecular formula is C11H25NO2S. The molecule has 0 aliphatic rings. The molecule has 0 rings (SSSR count). The molecule has 0 aliphatic carbocycles. The van der Waals surface area contributed by atoms with E-state index in [1.807, 2.05) is 0 Å². The van der Waals surface area contributed by atoms with Gasteiger partial charge in [0.05, 0.1) is 11.9 Å². The molecular weight excluding hydrogens is 210 g/mol. The smallest absolute Gasteiger partial charge is 0.0779 e. The van der Waals surface area contributed by atoms with E-state index in [-0.39, 0.29) is 0 Å². The van der Waals surface area contributed by atoms with Crippen molar-refractivity contribution < 1.29 is 9.32 Å². The van der Waals surface area contributed by atoms with Crippen molar-refractivity contribution in [3.05, 3.63) is 0 Å². The molecule has 15 heavy (non-hydrogen) atoms. The van der Waals surface area contributed by atoms with Gasteiger partial charge in [-0.1, -0.05) is 26.7 Å².